The summed E-state index contributed by atoms with van der Waals surface area (Å²) in [7, 11) is 0. The lowest BCUT2D eigenvalue weighted by atomic mass is 9.87. The first-order chi connectivity index (χ1) is 13.5. The molecule has 0 aliphatic carbocycles. The van der Waals surface area contributed by atoms with E-state index < -0.39 is 5.54 Å². The Bertz CT molecular complexity index is 875. The van der Waals surface area contributed by atoms with Crippen molar-refractivity contribution in [3.05, 3.63) is 71.6 Å². The number of carbonyl (C=O) groups excluding carboxylic acids is 2. The highest BCUT2D eigenvalue weighted by Gasteiger charge is 2.40. The van der Waals surface area contributed by atoms with Crippen molar-refractivity contribution in [2.24, 2.45) is 0 Å². The second kappa shape index (κ2) is 8.80. The third kappa shape index (κ3) is 4.84. The molecule has 3 rings (SSSR count). The summed E-state index contributed by atoms with van der Waals surface area (Å²) in [4.78, 5) is 25.5. The Morgan fingerprint density at radius 3 is 2.50 bits per heavy atom. The molecule has 2 aromatic carbocycles. The summed E-state index contributed by atoms with van der Waals surface area (Å²) in [6.45, 7) is 2.96. The molecule has 1 saturated heterocycles. The number of amides is 2. The van der Waals surface area contributed by atoms with Gasteiger partial charge in [-0.15, -0.1) is 0 Å². The minimum atomic E-state index is -0.971. The van der Waals surface area contributed by atoms with Crippen molar-refractivity contribution in [3.63, 3.8) is 0 Å². The van der Waals surface area contributed by atoms with Gasteiger partial charge in [0.1, 0.15) is 11.4 Å². The van der Waals surface area contributed by atoms with Crippen LogP contribution in [0.15, 0.2) is 54.6 Å². The van der Waals surface area contributed by atoms with Crippen molar-refractivity contribution < 1.29 is 14.0 Å². The van der Waals surface area contributed by atoms with Crippen molar-refractivity contribution in [2.75, 3.05) is 18.4 Å². The number of halogens is 1. The molecule has 0 spiro atoms. The molecule has 1 fully saturated rings. The van der Waals surface area contributed by atoms with Crippen molar-refractivity contribution in [1.29, 1.82) is 0 Å². The molecule has 1 heterocycles. The van der Waals surface area contributed by atoms with Crippen molar-refractivity contribution in [2.45, 2.75) is 25.3 Å². The Morgan fingerprint density at radius 2 is 1.82 bits per heavy atom. The Morgan fingerprint density at radius 1 is 1.11 bits per heavy atom. The summed E-state index contributed by atoms with van der Waals surface area (Å²) in [6, 6.07) is 13.8. The van der Waals surface area contributed by atoms with E-state index in [-0.39, 0.29) is 17.6 Å². The fourth-order valence-electron chi connectivity index (χ4n) is 3.26. The first kappa shape index (κ1) is 19.8. The van der Waals surface area contributed by atoms with Gasteiger partial charge in [-0.3, -0.25) is 9.59 Å². The lowest BCUT2D eigenvalue weighted by Crippen LogP contribution is -2.61. The molecule has 1 aliphatic heterocycles. The molecule has 2 amide bonds. The Hall–Kier alpha value is -2.99. The molecule has 3 N–H and O–H groups in total. The van der Waals surface area contributed by atoms with Gasteiger partial charge in [0.25, 0.3) is 0 Å². The van der Waals surface area contributed by atoms with Crippen LogP contribution in [0.5, 0.6) is 0 Å². The Balaban J connectivity index is 1.72. The van der Waals surface area contributed by atoms with Crippen LogP contribution in [0.2, 0.25) is 0 Å². The lowest BCUT2D eigenvalue weighted by molar-refractivity contribution is -0.129. The summed E-state index contributed by atoms with van der Waals surface area (Å²) < 4.78 is 13.4. The molecule has 1 aliphatic rings. The molecule has 28 heavy (non-hydrogen) atoms. The van der Waals surface area contributed by atoms with Crippen molar-refractivity contribution in [1.82, 2.24) is 10.6 Å². The molecular formula is C22H24FN3O2. The summed E-state index contributed by atoms with van der Waals surface area (Å²) >= 11 is 0. The highest BCUT2D eigenvalue weighted by atomic mass is 19.1. The molecule has 5 nitrogen and oxygen atoms in total. The molecule has 0 unspecified atom stereocenters. The summed E-state index contributed by atoms with van der Waals surface area (Å²) in [5.41, 5.74) is 0.958. The third-order valence-electron chi connectivity index (χ3n) is 4.90. The minimum absolute atomic E-state index is 0.223. The zero-order valence-corrected chi connectivity index (χ0v) is 15.8. The van der Waals surface area contributed by atoms with Gasteiger partial charge in [0.2, 0.25) is 11.8 Å². The van der Waals surface area contributed by atoms with Gasteiger partial charge in [-0.1, -0.05) is 24.3 Å². The summed E-state index contributed by atoms with van der Waals surface area (Å²) in [5.74, 6) is -0.862. The average Bonchev–Trinajstić information content (AvgIpc) is 2.70. The monoisotopic (exact) mass is 381 g/mol. The number of nitrogens with one attached hydrogen (secondary N) is 3. The highest BCUT2D eigenvalue weighted by Crippen LogP contribution is 2.21. The van der Waals surface area contributed by atoms with Gasteiger partial charge in [0, 0.05) is 11.8 Å². The predicted molar refractivity (Wildman–Crippen MR) is 108 cm³/mol. The van der Waals surface area contributed by atoms with Crippen LogP contribution in [0, 0.1) is 12.7 Å². The largest absolute Gasteiger partial charge is 0.338 e. The maximum absolute atomic E-state index is 13.4. The quantitative estimate of drug-likeness (QED) is 0.698. The standard InChI is InChI=1S/C22H24FN3O2/c1-16-15-17(7-9-19(16)23)8-10-20(27)26-22(11-13-24-14-12-22)21(28)25-18-5-3-2-4-6-18/h2-10,15,24H,11-14H2,1H3,(H,25,28)(H,26,27)/b10-8+. The van der Waals surface area contributed by atoms with E-state index in [0.29, 0.717) is 37.2 Å². The van der Waals surface area contributed by atoms with Crippen LogP contribution in [0.25, 0.3) is 6.08 Å². The van der Waals surface area contributed by atoms with Crippen molar-refractivity contribution >= 4 is 23.6 Å². The number of hydrogen-bond donors (Lipinski definition) is 3. The molecule has 0 aromatic heterocycles. The van der Waals surface area contributed by atoms with E-state index in [0.717, 1.165) is 5.56 Å². The zero-order chi connectivity index (χ0) is 20.0. The second-order valence-corrected chi connectivity index (χ2v) is 6.98. The number of benzene rings is 2. The maximum Gasteiger partial charge on any atom is 0.250 e. The van der Waals surface area contributed by atoms with Crippen LogP contribution < -0.4 is 16.0 Å². The molecule has 0 radical (unpaired) electrons. The van der Waals surface area contributed by atoms with Gasteiger partial charge in [-0.2, -0.15) is 0 Å². The smallest absolute Gasteiger partial charge is 0.250 e. The summed E-state index contributed by atoms with van der Waals surface area (Å²) in [6.07, 6.45) is 4.00. The van der Waals surface area contributed by atoms with Crippen LogP contribution in [0.4, 0.5) is 10.1 Å². The number of anilines is 1. The van der Waals surface area contributed by atoms with Crippen molar-refractivity contribution in [3.8, 4) is 0 Å². The minimum Gasteiger partial charge on any atom is -0.338 e. The van der Waals surface area contributed by atoms with E-state index in [1.807, 2.05) is 30.3 Å². The maximum atomic E-state index is 13.4. The van der Waals surface area contributed by atoms with Crippen LogP contribution in [-0.4, -0.2) is 30.4 Å². The molecule has 2 aromatic rings. The topological polar surface area (TPSA) is 70.2 Å². The number of aryl methyl sites for hydroxylation is 1. The molecule has 0 bridgehead atoms. The van der Waals surface area contributed by atoms with E-state index in [9.17, 15) is 14.0 Å². The van der Waals surface area contributed by atoms with E-state index in [1.165, 1.54) is 12.1 Å². The van der Waals surface area contributed by atoms with Gasteiger partial charge >= 0.3 is 0 Å². The number of para-hydroxylation sites is 1. The number of carbonyl (C=O) groups is 2. The highest BCUT2D eigenvalue weighted by molar-refractivity contribution is 6.03. The van der Waals surface area contributed by atoms with Crippen LogP contribution in [0.1, 0.15) is 24.0 Å². The fourth-order valence-corrected chi connectivity index (χ4v) is 3.26. The fraction of sp³-hybridized carbons (Fsp3) is 0.273. The SMILES string of the molecule is Cc1cc(/C=C/C(=O)NC2(C(=O)Nc3ccccc3)CCNCC2)ccc1F. The van der Waals surface area contributed by atoms with Gasteiger partial charge in [0.05, 0.1) is 0 Å². The van der Waals surface area contributed by atoms with Crippen LogP contribution in [-0.2, 0) is 9.59 Å². The second-order valence-electron chi connectivity index (χ2n) is 6.98. The predicted octanol–water partition coefficient (Wildman–Crippen LogP) is 3.02. The Kier molecular flexibility index (Phi) is 6.21. The Labute approximate surface area is 164 Å². The van der Waals surface area contributed by atoms with Gasteiger partial charge in [-0.05, 0) is 74.3 Å². The van der Waals surface area contributed by atoms with Gasteiger partial charge in [-0.25, -0.2) is 4.39 Å². The average molecular weight is 381 g/mol. The third-order valence-corrected chi connectivity index (χ3v) is 4.90. The first-order valence-electron chi connectivity index (χ1n) is 9.32. The molecule has 0 saturated carbocycles. The molecule has 6 heteroatoms. The van der Waals surface area contributed by atoms with Gasteiger partial charge in [0.15, 0.2) is 0 Å². The zero-order valence-electron chi connectivity index (χ0n) is 15.8. The van der Waals surface area contributed by atoms with E-state index in [1.54, 1.807) is 25.1 Å². The van der Waals surface area contributed by atoms with Crippen LogP contribution >= 0.6 is 0 Å². The van der Waals surface area contributed by atoms with E-state index in [4.69, 9.17) is 0 Å². The summed E-state index contributed by atoms with van der Waals surface area (Å²) in [5, 5.41) is 9.01. The molecular weight excluding hydrogens is 357 g/mol. The lowest BCUT2D eigenvalue weighted by Gasteiger charge is -2.36. The number of rotatable bonds is 5. The number of piperidine rings is 1. The van der Waals surface area contributed by atoms with Gasteiger partial charge < -0.3 is 16.0 Å². The molecule has 146 valence electrons. The number of hydrogen-bond acceptors (Lipinski definition) is 3. The van der Waals surface area contributed by atoms with E-state index >= 15 is 0 Å². The van der Waals surface area contributed by atoms with E-state index in [2.05, 4.69) is 16.0 Å². The first-order valence-corrected chi connectivity index (χ1v) is 9.32. The normalized spacial score (nSPS) is 15.9. The molecule has 0 atom stereocenters. The van der Waals surface area contributed by atoms with Crippen LogP contribution in [0.3, 0.4) is 0 Å².